The van der Waals surface area contributed by atoms with E-state index < -0.39 is 0 Å². The molecule has 0 radical (unpaired) electrons. The molecule has 0 spiro atoms. The Morgan fingerprint density at radius 3 is 2.74 bits per heavy atom. The molecule has 1 heterocycles. The summed E-state index contributed by atoms with van der Waals surface area (Å²) in [5.74, 6) is 0.508. The SMILES string of the molecule is Cc1nn(C)c(C)c1OCC(=O)NC(C)CCCO. The van der Waals surface area contributed by atoms with E-state index in [1.165, 1.54) is 0 Å². The molecule has 1 unspecified atom stereocenters. The van der Waals surface area contributed by atoms with Gasteiger partial charge in [0.05, 0.1) is 5.69 Å². The minimum atomic E-state index is -0.159. The molecule has 19 heavy (non-hydrogen) atoms. The lowest BCUT2D eigenvalue weighted by Gasteiger charge is -2.13. The zero-order valence-corrected chi connectivity index (χ0v) is 12.1. The Balaban J connectivity index is 2.42. The van der Waals surface area contributed by atoms with Gasteiger partial charge in [0.2, 0.25) is 0 Å². The third-order valence-electron chi connectivity index (χ3n) is 2.99. The summed E-state index contributed by atoms with van der Waals surface area (Å²) in [4.78, 5) is 11.7. The second-order valence-corrected chi connectivity index (χ2v) is 4.75. The van der Waals surface area contributed by atoms with Crippen molar-refractivity contribution in [3.63, 3.8) is 0 Å². The van der Waals surface area contributed by atoms with E-state index in [0.29, 0.717) is 12.2 Å². The van der Waals surface area contributed by atoms with Crippen LogP contribution in [-0.4, -0.2) is 40.0 Å². The lowest BCUT2D eigenvalue weighted by Crippen LogP contribution is -2.36. The summed E-state index contributed by atoms with van der Waals surface area (Å²) in [5, 5.41) is 15.8. The highest BCUT2D eigenvalue weighted by Gasteiger charge is 2.13. The maximum atomic E-state index is 11.7. The van der Waals surface area contributed by atoms with Gasteiger partial charge in [0.1, 0.15) is 5.69 Å². The molecule has 0 saturated carbocycles. The third-order valence-corrected chi connectivity index (χ3v) is 2.99. The van der Waals surface area contributed by atoms with E-state index in [1.807, 2.05) is 27.8 Å². The van der Waals surface area contributed by atoms with E-state index in [9.17, 15) is 4.79 Å². The van der Waals surface area contributed by atoms with Gasteiger partial charge in [-0.05, 0) is 33.6 Å². The molecule has 0 aliphatic heterocycles. The second-order valence-electron chi connectivity index (χ2n) is 4.75. The van der Waals surface area contributed by atoms with E-state index in [-0.39, 0.29) is 25.2 Å². The van der Waals surface area contributed by atoms with Gasteiger partial charge in [0, 0.05) is 19.7 Å². The van der Waals surface area contributed by atoms with Crippen LogP contribution in [0.5, 0.6) is 5.75 Å². The Morgan fingerprint density at radius 2 is 2.21 bits per heavy atom. The van der Waals surface area contributed by atoms with Gasteiger partial charge in [-0.2, -0.15) is 5.10 Å². The zero-order valence-electron chi connectivity index (χ0n) is 12.1. The number of carbonyl (C=O) groups is 1. The summed E-state index contributed by atoms with van der Waals surface area (Å²) in [6, 6.07) is 0.0411. The van der Waals surface area contributed by atoms with Crippen molar-refractivity contribution in [2.24, 2.45) is 7.05 Å². The van der Waals surface area contributed by atoms with Gasteiger partial charge in [0.25, 0.3) is 5.91 Å². The van der Waals surface area contributed by atoms with Gasteiger partial charge in [-0.3, -0.25) is 9.48 Å². The summed E-state index contributed by atoms with van der Waals surface area (Å²) in [6.07, 6.45) is 1.44. The summed E-state index contributed by atoms with van der Waals surface area (Å²) in [5.41, 5.74) is 1.68. The molecule has 1 atom stereocenters. The van der Waals surface area contributed by atoms with E-state index in [4.69, 9.17) is 9.84 Å². The standard InChI is InChI=1S/C13H23N3O3/c1-9(6-5-7-17)14-12(18)8-19-13-10(2)15-16(4)11(13)3/h9,17H,5-8H2,1-4H3,(H,14,18). The van der Waals surface area contributed by atoms with Gasteiger partial charge >= 0.3 is 0 Å². The van der Waals surface area contributed by atoms with E-state index in [0.717, 1.165) is 17.8 Å². The summed E-state index contributed by atoms with van der Waals surface area (Å²) >= 11 is 0. The Hall–Kier alpha value is -1.56. The number of hydrogen-bond acceptors (Lipinski definition) is 4. The third kappa shape index (κ3) is 4.55. The molecular formula is C13H23N3O3. The number of aryl methyl sites for hydroxylation is 2. The molecule has 1 amide bonds. The Labute approximate surface area is 113 Å². The second kappa shape index (κ2) is 7.13. The number of nitrogens with zero attached hydrogens (tertiary/aromatic N) is 2. The van der Waals surface area contributed by atoms with Crippen molar-refractivity contribution in [3.8, 4) is 5.75 Å². The molecule has 0 fully saturated rings. The Kier molecular flexibility index (Phi) is 5.82. The van der Waals surface area contributed by atoms with Crippen LogP contribution >= 0.6 is 0 Å². The molecule has 108 valence electrons. The molecule has 0 bridgehead atoms. The van der Waals surface area contributed by atoms with Crippen molar-refractivity contribution < 1.29 is 14.6 Å². The number of aliphatic hydroxyl groups is 1. The lowest BCUT2D eigenvalue weighted by molar-refractivity contribution is -0.123. The summed E-state index contributed by atoms with van der Waals surface area (Å²) in [6.45, 7) is 5.79. The van der Waals surface area contributed by atoms with Crippen LogP contribution in [-0.2, 0) is 11.8 Å². The highest BCUT2D eigenvalue weighted by Crippen LogP contribution is 2.20. The van der Waals surface area contributed by atoms with Crippen LogP contribution in [0, 0.1) is 13.8 Å². The Morgan fingerprint density at radius 1 is 1.53 bits per heavy atom. The van der Waals surface area contributed by atoms with Crippen molar-refractivity contribution in [2.45, 2.75) is 39.7 Å². The fourth-order valence-electron chi connectivity index (χ4n) is 1.89. The smallest absolute Gasteiger partial charge is 0.258 e. The summed E-state index contributed by atoms with van der Waals surface area (Å²) < 4.78 is 7.24. The van der Waals surface area contributed by atoms with Crippen molar-refractivity contribution in [1.82, 2.24) is 15.1 Å². The Bertz CT molecular complexity index is 429. The number of rotatable bonds is 7. The molecule has 1 aromatic heterocycles. The maximum absolute atomic E-state index is 11.7. The topological polar surface area (TPSA) is 76.4 Å². The number of carbonyl (C=O) groups excluding carboxylic acids is 1. The first kappa shape index (κ1) is 15.5. The average Bonchev–Trinajstić information content (AvgIpc) is 2.59. The molecule has 0 saturated heterocycles. The molecule has 0 aromatic carbocycles. The van der Waals surface area contributed by atoms with Gasteiger partial charge < -0.3 is 15.2 Å². The molecular weight excluding hydrogens is 246 g/mol. The first-order chi connectivity index (χ1) is 8.95. The van der Waals surface area contributed by atoms with Crippen LogP contribution in [0.3, 0.4) is 0 Å². The van der Waals surface area contributed by atoms with Crippen molar-refractivity contribution in [1.29, 1.82) is 0 Å². The molecule has 1 aromatic rings. The molecule has 2 N–H and O–H groups in total. The minimum Gasteiger partial charge on any atom is -0.480 e. The first-order valence-electron chi connectivity index (χ1n) is 6.49. The molecule has 0 aliphatic rings. The monoisotopic (exact) mass is 269 g/mol. The van der Waals surface area contributed by atoms with Crippen molar-refractivity contribution in [3.05, 3.63) is 11.4 Å². The van der Waals surface area contributed by atoms with Gasteiger partial charge in [-0.25, -0.2) is 0 Å². The highest BCUT2D eigenvalue weighted by molar-refractivity contribution is 5.77. The van der Waals surface area contributed by atoms with Crippen LogP contribution in [0.2, 0.25) is 0 Å². The molecule has 6 nitrogen and oxygen atoms in total. The van der Waals surface area contributed by atoms with Gasteiger partial charge in [-0.1, -0.05) is 0 Å². The predicted molar refractivity (Wildman–Crippen MR) is 72.1 cm³/mol. The van der Waals surface area contributed by atoms with Crippen LogP contribution in [0.15, 0.2) is 0 Å². The number of aromatic nitrogens is 2. The lowest BCUT2D eigenvalue weighted by atomic mass is 10.2. The van der Waals surface area contributed by atoms with Crippen molar-refractivity contribution in [2.75, 3.05) is 13.2 Å². The minimum absolute atomic E-state index is 0.0170. The number of hydrogen-bond donors (Lipinski definition) is 2. The quantitative estimate of drug-likeness (QED) is 0.763. The number of aliphatic hydroxyl groups excluding tert-OH is 1. The average molecular weight is 269 g/mol. The van der Waals surface area contributed by atoms with Crippen LogP contribution < -0.4 is 10.1 Å². The maximum Gasteiger partial charge on any atom is 0.258 e. The van der Waals surface area contributed by atoms with E-state index >= 15 is 0 Å². The largest absolute Gasteiger partial charge is 0.480 e. The first-order valence-corrected chi connectivity index (χ1v) is 6.49. The van der Waals surface area contributed by atoms with Crippen LogP contribution in [0.25, 0.3) is 0 Å². The number of ether oxygens (including phenoxy) is 1. The molecule has 1 rings (SSSR count). The van der Waals surface area contributed by atoms with E-state index in [1.54, 1.807) is 4.68 Å². The number of nitrogens with one attached hydrogen (secondary N) is 1. The van der Waals surface area contributed by atoms with Crippen LogP contribution in [0.4, 0.5) is 0 Å². The molecule has 6 heteroatoms. The summed E-state index contributed by atoms with van der Waals surface area (Å²) in [7, 11) is 1.84. The fraction of sp³-hybridized carbons (Fsp3) is 0.692. The van der Waals surface area contributed by atoms with Gasteiger partial charge in [0.15, 0.2) is 12.4 Å². The zero-order chi connectivity index (χ0) is 14.4. The predicted octanol–water partition coefficient (Wildman–Crippen LogP) is 0.693. The number of amides is 1. The highest BCUT2D eigenvalue weighted by atomic mass is 16.5. The fourth-order valence-corrected chi connectivity index (χ4v) is 1.89. The molecule has 0 aliphatic carbocycles. The van der Waals surface area contributed by atoms with Gasteiger partial charge in [-0.15, -0.1) is 0 Å². The van der Waals surface area contributed by atoms with Crippen molar-refractivity contribution >= 4 is 5.91 Å². The normalized spacial score (nSPS) is 12.3. The van der Waals surface area contributed by atoms with E-state index in [2.05, 4.69) is 10.4 Å². The van der Waals surface area contributed by atoms with Crippen LogP contribution in [0.1, 0.15) is 31.2 Å².